The average Bonchev–Trinajstić information content (AvgIpc) is 3.19. The summed E-state index contributed by atoms with van der Waals surface area (Å²) in [7, 11) is 0. The van der Waals surface area contributed by atoms with E-state index in [0.29, 0.717) is 35.9 Å². The summed E-state index contributed by atoms with van der Waals surface area (Å²) in [4.78, 5) is 18.8. The van der Waals surface area contributed by atoms with Crippen molar-refractivity contribution in [2.75, 3.05) is 13.1 Å². The van der Waals surface area contributed by atoms with Gasteiger partial charge in [-0.15, -0.1) is 0 Å². The van der Waals surface area contributed by atoms with E-state index >= 15 is 0 Å². The maximum absolute atomic E-state index is 13.1. The molecule has 1 aliphatic rings. The predicted molar refractivity (Wildman–Crippen MR) is 94.0 cm³/mol. The zero-order valence-corrected chi connectivity index (χ0v) is 14.4. The lowest BCUT2D eigenvalue weighted by molar-refractivity contribution is 0.0695. The number of rotatable bonds is 3. The molecule has 138 valence electrons. The number of benzene rings is 2. The van der Waals surface area contributed by atoms with Gasteiger partial charge in [0.2, 0.25) is 11.7 Å². The fourth-order valence-corrected chi connectivity index (χ4v) is 3.26. The molecule has 0 spiro atoms. The smallest absolute Gasteiger partial charge is 0.253 e. The third kappa shape index (κ3) is 3.72. The minimum absolute atomic E-state index is 0.0650. The summed E-state index contributed by atoms with van der Waals surface area (Å²) in [6.07, 6.45) is 1.64. The zero-order chi connectivity index (χ0) is 18.8. The van der Waals surface area contributed by atoms with Crippen LogP contribution in [0, 0.1) is 11.6 Å². The predicted octanol–water partition coefficient (Wildman–Crippen LogP) is 4.03. The summed E-state index contributed by atoms with van der Waals surface area (Å²) in [5.74, 6) is -0.0484. The fraction of sp³-hybridized carbons (Fsp3) is 0.250. The second-order valence-corrected chi connectivity index (χ2v) is 6.56. The Labute approximate surface area is 154 Å². The van der Waals surface area contributed by atoms with Crippen LogP contribution in [-0.2, 0) is 0 Å². The van der Waals surface area contributed by atoms with Gasteiger partial charge in [0, 0.05) is 24.2 Å². The van der Waals surface area contributed by atoms with Gasteiger partial charge in [0.1, 0.15) is 11.6 Å². The maximum atomic E-state index is 13.1. The molecule has 1 aliphatic heterocycles. The van der Waals surface area contributed by atoms with Crippen LogP contribution in [-0.4, -0.2) is 34.0 Å². The number of halogens is 2. The Morgan fingerprint density at radius 1 is 1.04 bits per heavy atom. The highest BCUT2D eigenvalue weighted by Gasteiger charge is 2.29. The average molecular weight is 369 g/mol. The van der Waals surface area contributed by atoms with Crippen LogP contribution in [0.3, 0.4) is 0 Å². The van der Waals surface area contributed by atoms with E-state index in [4.69, 9.17) is 4.52 Å². The first kappa shape index (κ1) is 17.3. The number of piperidine rings is 1. The van der Waals surface area contributed by atoms with Crippen LogP contribution in [0.4, 0.5) is 8.78 Å². The Hall–Kier alpha value is -3.09. The molecule has 0 unspecified atom stereocenters. The van der Waals surface area contributed by atoms with Gasteiger partial charge >= 0.3 is 0 Å². The van der Waals surface area contributed by atoms with Gasteiger partial charge in [0.05, 0.1) is 5.92 Å². The van der Waals surface area contributed by atoms with Gasteiger partial charge in [-0.05, 0) is 61.4 Å². The van der Waals surface area contributed by atoms with Gasteiger partial charge in [-0.2, -0.15) is 4.98 Å². The van der Waals surface area contributed by atoms with E-state index in [-0.39, 0.29) is 23.5 Å². The first-order valence-corrected chi connectivity index (χ1v) is 8.74. The molecule has 1 atom stereocenters. The standard InChI is InChI=1S/C20H17F2N3O2/c21-16-7-3-13(4-8-16)18-23-19(27-24-18)15-2-1-11-25(12-15)20(26)14-5-9-17(22)10-6-14/h3-10,15H,1-2,11-12H2/t15-/m1/s1. The van der Waals surface area contributed by atoms with Gasteiger partial charge < -0.3 is 9.42 Å². The normalized spacial score (nSPS) is 17.1. The molecule has 1 aromatic heterocycles. The van der Waals surface area contributed by atoms with Crippen molar-refractivity contribution < 1.29 is 18.1 Å². The van der Waals surface area contributed by atoms with E-state index in [2.05, 4.69) is 10.1 Å². The van der Waals surface area contributed by atoms with E-state index in [1.54, 1.807) is 17.0 Å². The molecule has 5 nitrogen and oxygen atoms in total. The molecule has 1 amide bonds. The van der Waals surface area contributed by atoms with Crippen LogP contribution >= 0.6 is 0 Å². The lowest BCUT2D eigenvalue weighted by Gasteiger charge is -2.31. The van der Waals surface area contributed by atoms with E-state index in [1.807, 2.05) is 0 Å². The van der Waals surface area contributed by atoms with E-state index in [1.165, 1.54) is 36.4 Å². The van der Waals surface area contributed by atoms with Crippen molar-refractivity contribution in [3.63, 3.8) is 0 Å². The number of hydrogen-bond donors (Lipinski definition) is 0. The minimum atomic E-state index is -0.373. The van der Waals surface area contributed by atoms with Crippen molar-refractivity contribution in [1.82, 2.24) is 15.0 Å². The molecule has 1 fully saturated rings. The largest absolute Gasteiger partial charge is 0.339 e. The van der Waals surface area contributed by atoms with Crippen molar-refractivity contribution in [3.8, 4) is 11.4 Å². The number of aromatic nitrogens is 2. The van der Waals surface area contributed by atoms with Gasteiger partial charge in [-0.25, -0.2) is 8.78 Å². The second-order valence-electron chi connectivity index (χ2n) is 6.56. The Bertz CT molecular complexity index is 939. The molecule has 2 heterocycles. The van der Waals surface area contributed by atoms with Crippen molar-refractivity contribution in [3.05, 3.63) is 71.6 Å². The van der Waals surface area contributed by atoms with Gasteiger partial charge in [-0.1, -0.05) is 5.16 Å². The summed E-state index contributed by atoms with van der Waals surface area (Å²) in [6, 6.07) is 11.4. The third-order valence-corrected chi connectivity index (χ3v) is 4.69. The zero-order valence-electron chi connectivity index (χ0n) is 14.4. The van der Waals surface area contributed by atoms with Gasteiger partial charge in [0.15, 0.2) is 0 Å². The SMILES string of the molecule is O=C(c1ccc(F)cc1)N1CCC[C@@H](c2nc(-c3ccc(F)cc3)no2)C1. The highest BCUT2D eigenvalue weighted by atomic mass is 19.1. The fourth-order valence-electron chi connectivity index (χ4n) is 3.26. The van der Waals surface area contributed by atoms with Gasteiger partial charge in [0.25, 0.3) is 5.91 Å². The van der Waals surface area contributed by atoms with Crippen LogP contribution in [0.1, 0.15) is 35.0 Å². The second kappa shape index (κ2) is 7.26. The molecule has 0 N–H and O–H groups in total. The van der Waals surface area contributed by atoms with Crippen LogP contribution in [0.25, 0.3) is 11.4 Å². The maximum Gasteiger partial charge on any atom is 0.253 e. The van der Waals surface area contributed by atoms with E-state index < -0.39 is 0 Å². The molecule has 0 aliphatic carbocycles. The summed E-state index contributed by atoms with van der Waals surface area (Å²) >= 11 is 0. The van der Waals surface area contributed by atoms with Crippen molar-refractivity contribution in [2.24, 2.45) is 0 Å². The molecule has 0 saturated carbocycles. The van der Waals surface area contributed by atoms with Crippen LogP contribution in [0.5, 0.6) is 0 Å². The van der Waals surface area contributed by atoms with Crippen LogP contribution in [0.2, 0.25) is 0 Å². The number of likely N-dealkylation sites (tertiary alicyclic amines) is 1. The Balaban J connectivity index is 1.49. The number of hydrogen-bond acceptors (Lipinski definition) is 4. The number of carbonyl (C=O) groups is 1. The first-order valence-electron chi connectivity index (χ1n) is 8.74. The molecule has 27 heavy (non-hydrogen) atoms. The molecule has 3 aromatic rings. The molecule has 4 rings (SSSR count). The molecule has 0 radical (unpaired) electrons. The summed E-state index contributed by atoms with van der Waals surface area (Å²) in [5.41, 5.74) is 1.12. The van der Waals surface area contributed by atoms with Crippen molar-refractivity contribution in [2.45, 2.75) is 18.8 Å². The Morgan fingerprint density at radius 2 is 1.70 bits per heavy atom. The first-order chi connectivity index (χ1) is 13.1. The lowest BCUT2D eigenvalue weighted by Crippen LogP contribution is -2.39. The molecule has 1 saturated heterocycles. The molecular weight excluding hydrogens is 352 g/mol. The monoisotopic (exact) mass is 369 g/mol. The van der Waals surface area contributed by atoms with Gasteiger partial charge in [-0.3, -0.25) is 4.79 Å². The minimum Gasteiger partial charge on any atom is -0.339 e. The lowest BCUT2D eigenvalue weighted by atomic mass is 9.97. The summed E-state index contributed by atoms with van der Waals surface area (Å²) in [5, 5.41) is 3.98. The van der Waals surface area contributed by atoms with E-state index in [9.17, 15) is 13.6 Å². The molecular formula is C20H17F2N3O2. The molecule has 2 aromatic carbocycles. The third-order valence-electron chi connectivity index (χ3n) is 4.69. The Kier molecular flexibility index (Phi) is 4.66. The summed E-state index contributed by atoms with van der Waals surface area (Å²) < 4.78 is 31.5. The molecule has 0 bridgehead atoms. The number of amides is 1. The topological polar surface area (TPSA) is 59.2 Å². The van der Waals surface area contributed by atoms with Crippen molar-refractivity contribution >= 4 is 5.91 Å². The Morgan fingerprint density at radius 3 is 2.41 bits per heavy atom. The highest BCUT2D eigenvalue weighted by molar-refractivity contribution is 5.94. The number of carbonyl (C=O) groups excluding carboxylic acids is 1. The van der Waals surface area contributed by atoms with E-state index in [0.717, 1.165) is 12.8 Å². The highest BCUT2D eigenvalue weighted by Crippen LogP contribution is 2.28. The van der Waals surface area contributed by atoms with Crippen molar-refractivity contribution in [1.29, 1.82) is 0 Å². The van der Waals surface area contributed by atoms with Crippen LogP contribution in [0.15, 0.2) is 53.1 Å². The summed E-state index contributed by atoms with van der Waals surface area (Å²) in [6.45, 7) is 1.09. The molecule has 7 heteroatoms. The van der Waals surface area contributed by atoms with Crippen LogP contribution < -0.4 is 0 Å². The number of nitrogens with zero attached hydrogens (tertiary/aromatic N) is 3. The quantitative estimate of drug-likeness (QED) is 0.699.